The Labute approximate surface area is 124 Å². The van der Waals surface area contributed by atoms with Gasteiger partial charge in [-0.25, -0.2) is 9.97 Å². The fourth-order valence-electron chi connectivity index (χ4n) is 1.74. The molecule has 0 spiro atoms. The summed E-state index contributed by atoms with van der Waals surface area (Å²) >= 11 is 0. The zero-order valence-electron chi connectivity index (χ0n) is 12.9. The highest BCUT2D eigenvalue weighted by molar-refractivity contribution is 5.92. The number of hydrogen-bond acceptors (Lipinski definition) is 4. The Morgan fingerprint density at radius 3 is 2.81 bits per heavy atom. The number of fused-ring (bicyclic) bond motifs is 1. The molecule has 2 aromatic heterocycles. The van der Waals surface area contributed by atoms with Gasteiger partial charge >= 0.3 is 0 Å². The van der Waals surface area contributed by atoms with Crippen LogP contribution in [0.2, 0.25) is 0 Å². The molecule has 2 aromatic rings. The number of carbonyl (C=O) groups is 1. The Kier molecular flexibility index (Phi) is 6.21. The van der Waals surface area contributed by atoms with Crippen LogP contribution in [0.25, 0.3) is 11.0 Å². The van der Waals surface area contributed by atoms with Crippen molar-refractivity contribution in [2.75, 3.05) is 12.3 Å². The van der Waals surface area contributed by atoms with E-state index in [0.29, 0.717) is 18.8 Å². The van der Waals surface area contributed by atoms with Gasteiger partial charge in [0.25, 0.3) is 0 Å². The summed E-state index contributed by atoms with van der Waals surface area (Å²) < 4.78 is 1.85. The Balaban J connectivity index is 0.00000106. The van der Waals surface area contributed by atoms with Gasteiger partial charge < -0.3 is 15.6 Å². The monoisotopic (exact) mass is 287 g/mol. The summed E-state index contributed by atoms with van der Waals surface area (Å²) in [5.41, 5.74) is 7.35. The predicted octanol–water partition coefficient (Wildman–Crippen LogP) is 1.45. The van der Waals surface area contributed by atoms with Gasteiger partial charge in [0, 0.05) is 19.7 Å². The summed E-state index contributed by atoms with van der Waals surface area (Å²) in [6, 6.07) is 0. The molecule has 0 saturated carbocycles. The van der Waals surface area contributed by atoms with Crippen LogP contribution in [-0.2, 0) is 11.8 Å². The minimum Gasteiger partial charge on any atom is -0.383 e. The van der Waals surface area contributed by atoms with E-state index in [2.05, 4.69) is 27.1 Å². The number of aryl methyl sites for hydroxylation is 1. The number of rotatable bonds is 2. The van der Waals surface area contributed by atoms with Gasteiger partial charge in [0.05, 0.1) is 17.5 Å². The molecule has 0 bridgehead atoms. The highest BCUT2D eigenvalue weighted by Crippen LogP contribution is 2.21. The van der Waals surface area contributed by atoms with Crippen LogP contribution in [-0.4, -0.2) is 27.0 Å². The van der Waals surface area contributed by atoms with E-state index in [4.69, 9.17) is 5.73 Å². The molecule has 6 heteroatoms. The van der Waals surface area contributed by atoms with Crippen LogP contribution in [0, 0.1) is 11.8 Å². The van der Waals surface area contributed by atoms with Gasteiger partial charge in [0.2, 0.25) is 5.91 Å². The highest BCUT2D eigenvalue weighted by Gasteiger charge is 2.09. The van der Waals surface area contributed by atoms with Crippen molar-refractivity contribution in [1.82, 2.24) is 19.9 Å². The largest absolute Gasteiger partial charge is 0.383 e. The molecular weight excluding hydrogens is 266 g/mol. The van der Waals surface area contributed by atoms with Crippen molar-refractivity contribution in [1.29, 1.82) is 0 Å². The molecule has 0 fully saturated rings. The van der Waals surface area contributed by atoms with Crippen molar-refractivity contribution in [2.45, 2.75) is 27.2 Å². The zero-order chi connectivity index (χ0) is 15.8. The first-order chi connectivity index (χ1) is 10.1. The lowest BCUT2D eigenvalue weighted by Crippen LogP contribution is -2.22. The maximum Gasteiger partial charge on any atom is 0.220 e. The van der Waals surface area contributed by atoms with E-state index in [9.17, 15) is 4.79 Å². The number of hydrogen-bond donors (Lipinski definition) is 2. The standard InChI is InChI=1S/C13H15N5O.C2H6/c1-3-10(19)15-6-4-5-9-7-18(2)13-11(9)12(14)16-8-17-13;1-2/h7-8H,3,6H2,1-2H3,(H,15,19)(H2,14,16,17);1-2H3. The van der Waals surface area contributed by atoms with Crippen molar-refractivity contribution in [3.63, 3.8) is 0 Å². The molecule has 2 rings (SSSR count). The van der Waals surface area contributed by atoms with Crippen LogP contribution in [0.5, 0.6) is 0 Å². The third-order valence-corrected chi connectivity index (χ3v) is 2.70. The van der Waals surface area contributed by atoms with E-state index in [1.165, 1.54) is 6.33 Å². The lowest BCUT2D eigenvalue weighted by molar-refractivity contribution is -0.120. The van der Waals surface area contributed by atoms with E-state index in [-0.39, 0.29) is 5.91 Å². The third kappa shape index (κ3) is 3.96. The Hall–Kier alpha value is -2.55. The van der Waals surface area contributed by atoms with Gasteiger partial charge in [0.1, 0.15) is 17.8 Å². The molecule has 112 valence electrons. The Bertz CT molecular complexity index is 678. The van der Waals surface area contributed by atoms with Crippen LogP contribution in [0.4, 0.5) is 5.82 Å². The predicted molar refractivity (Wildman–Crippen MR) is 84.4 cm³/mol. The van der Waals surface area contributed by atoms with Crippen LogP contribution in [0.3, 0.4) is 0 Å². The quantitative estimate of drug-likeness (QED) is 0.819. The smallest absolute Gasteiger partial charge is 0.220 e. The first-order valence-corrected chi connectivity index (χ1v) is 6.94. The average Bonchev–Trinajstić information content (AvgIpc) is 2.83. The first-order valence-electron chi connectivity index (χ1n) is 6.94. The molecule has 0 atom stereocenters. The van der Waals surface area contributed by atoms with E-state index in [0.717, 1.165) is 16.6 Å². The molecule has 6 nitrogen and oxygen atoms in total. The lowest BCUT2D eigenvalue weighted by atomic mass is 10.2. The van der Waals surface area contributed by atoms with Crippen LogP contribution >= 0.6 is 0 Å². The molecule has 0 radical (unpaired) electrons. The van der Waals surface area contributed by atoms with Crippen molar-refractivity contribution in [3.05, 3.63) is 18.1 Å². The summed E-state index contributed by atoms with van der Waals surface area (Å²) in [5, 5.41) is 3.44. The third-order valence-electron chi connectivity index (χ3n) is 2.70. The van der Waals surface area contributed by atoms with Crippen LogP contribution in [0.1, 0.15) is 32.8 Å². The number of anilines is 1. The minimum absolute atomic E-state index is 0.0185. The molecule has 0 aliphatic rings. The van der Waals surface area contributed by atoms with Crippen molar-refractivity contribution in [3.8, 4) is 11.8 Å². The highest BCUT2D eigenvalue weighted by atomic mass is 16.1. The minimum atomic E-state index is -0.0185. The molecular formula is C15H21N5O. The Morgan fingerprint density at radius 1 is 1.43 bits per heavy atom. The summed E-state index contributed by atoms with van der Waals surface area (Å²) in [7, 11) is 1.87. The number of nitrogen functional groups attached to an aromatic ring is 1. The molecule has 0 saturated heterocycles. The van der Waals surface area contributed by atoms with Crippen LogP contribution in [0.15, 0.2) is 12.5 Å². The topological polar surface area (TPSA) is 85.8 Å². The van der Waals surface area contributed by atoms with Crippen LogP contribution < -0.4 is 11.1 Å². The second-order valence-corrected chi connectivity index (χ2v) is 4.04. The van der Waals surface area contributed by atoms with Gasteiger partial charge in [-0.2, -0.15) is 0 Å². The second-order valence-electron chi connectivity index (χ2n) is 4.04. The normalized spacial score (nSPS) is 9.33. The van der Waals surface area contributed by atoms with Gasteiger partial charge in [-0.15, -0.1) is 0 Å². The number of nitrogens with zero attached hydrogens (tertiary/aromatic N) is 3. The number of amides is 1. The summed E-state index contributed by atoms with van der Waals surface area (Å²) in [5.74, 6) is 6.27. The number of nitrogens with one attached hydrogen (secondary N) is 1. The first kappa shape index (κ1) is 16.5. The zero-order valence-corrected chi connectivity index (χ0v) is 12.9. The molecule has 0 unspecified atom stereocenters. The van der Waals surface area contributed by atoms with Gasteiger partial charge in [-0.3, -0.25) is 4.79 Å². The molecule has 3 N–H and O–H groups in total. The average molecular weight is 287 g/mol. The molecule has 1 amide bonds. The molecule has 0 aliphatic carbocycles. The fraction of sp³-hybridized carbons (Fsp3) is 0.400. The van der Waals surface area contributed by atoms with Crippen molar-refractivity contribution < 1.29 is 4.79 Å². The van der Waals surface area contributed by atoms with Crippen molar-refractivity contribution in [2.24, 2.45) is 7.05 Å². The summed E-state index contributed by atoms with van der Waals surface area (Å²) in [6.07, 6.45) is 3.73. The molecule has 0 aliphatic heterocycles. The number of aromatic nitrogens is 3. The lowest BCUT2D eigenvalue weighted by Gasteiger charge is -1.96. The van der Waals surface area contributed by atoms with Gasteiger partial charge in [-0.1, -0.05) is 32.6 Å². The van der Waals surface area contributed by atoms with Crippen molar-refractivity contribution >= 4 is 22.8 Å². The van der Waals surface area contributed by atoms with E-state index < -0.39 is 0 Å². The maximum atomic E-state index is 11.1. The van der Waals surface area contributed by atoms with Gasteiger partial charge in [-0.05, 0) is 0 Å². The Morgan fingerprint density at radius 2 is 2.14 bits per heavy atom. The molecule has 0 aromatic carbocycles. The fourth-order valence-corrected chi connectivity index (χ4v) is 1.74. The van der Waals surface area contributed by atoms with Gasteiger partial charge in [0.15, 0.2) is 0 Å². The van der Waals surface area contributed by atoms with E-state index in [1.807, 2.05) is 31.7 Å². The molecule has 21 heavy (non-hydrogen) atoms. The van der Waals surface area contributed by atoms with E-state index >= 15 is 0 Å². The number of carbonyl (C=O) groups excluding carboxylic acids is 1. The second kappa shape index (κ2) is 7.90. The maximum absolute atomic E-state index is 11.1. The SMILES string of the molecule is CC.CCC(=O)NCC#Cc1cn(C)c2ncnc(N)c12. The summed E-state index contributed by atoms with van der Waals surface area (Å²) in [4.78, 5) is 19.2. The summed E-state index contributed by atoms with van der Waals surface area (Å²) in [6.45, 7) is 6.11. The molecule has 2 heterocycles. The van der Waals surface area contributed by atoms with E-state index in [1.54, 1.807) is 6.92 Å². The number of nitrogens with two attached hydrogens (primary N) is 1.